The summed E-state index contributed by atoms with van der Waals surface area (Å²) in [7, 11) is 0. The lowest BCUT2D eigenvalue weighted by molar-refractivity contribution is -0.384. The van der Waals surface area contributed by atoms with Crippen molar-refractivity contribution in [2.24, 2.45) is 0 Å². The molecule has 0 atom stereocenters. The standard InChI is InChI=1S/C17H14F3N3O4/c1-10(24)21-14-7-4-12(17(18,19)20)9-15(14)22-16(25)8-11-2-5-13(6-3-11)23(26)27/h2-7,9H,8H2,1H3,(H,21,24)(H,22,25). The van der Waals surface area contributed by atoms with Gasteiger partial charge in [-0.1, -0.05) is 12.1 Å². The van der Waals surface area contributed by atoms with E-state index < -0.39 is 28.5 Å². The minimum Gasteiger partial charge on any atom is -0.325 e. The molecule has 0 bridgehead atoms. The van der Waals surface area contributed by atoms with E-state index in [0.29, 0.717) is 5.56 Å². The van der Waals surface area contributed by atoms with Crippen molar-refractivity contribution < 1.29 is 27.7 Å². The number of alkyl halides is 3. The van der Waals surface area contributed by atoms with Crippen LogP contribution in [0.25, 0.3) is 0 Å². The molecule has 0 saturated carbocycles. The molecule has 0 aliphatic carbocycles. The number of carbonyl (C=O) groups excluding carboxylic acids is 2. The molecule has 2 amide bonds. The number of rotatable bonds is 5. The van der Waals surface area contributed by atoms with Crippen molar-refractivity contribution in [1.29, 1.82) is 0 Å². The molecule has 142 valence electrons. The first-order valence-electron chi connectivity index (χ1n) is 7.58. The summed E-state index contributed by atoms with van der Waals surface area (Å²) in [6.45, 7) is 1.18. The van der Waals surface area contributed by atoms with Crippen LogP contribution in [-0.4, -0.2) is 16.7 Å². The van der Waals surface area contributed by atoms with E-state index in [1.54, 1.807) is 0 Å². The van der Waals surface area contributed by atoms with E-state index >= 15 is 0 Å². The summed E-state index contributed by atoms with van der Waals surface area (Å²) in [6, 6.07) is 7.74. The summed E-state index contributed by atoms with van der Waals surface area (Å²) >= 11 is 0. The average Bonchev–Trinajstić information content (AvgIpc) is 2.55. The minimum atomic E-state index is -4.62. The van der Waals surface area contributed by atoms with Gasteiger partial charge in [0, 0.05) is 19.1 Å². The Kier molecular flexibility index (Phi) is 5.78. The lowest BCUT2D eigenvalue weighted by Gasteiger charge is -2.15. The highest BCUT2D eigenvalue weighted by Gasteiger charge is 2.31. The molecule has 0 aliphatic heterocycles. The molecule has 0 aliphatic rings. The van der Waals surface area contributed by atoms with E-state index in [0.717, 1.165) is 18.2 Å². The maximum atomic E-state index is 12.9. The molecule has 27 heavy (non-hydrogen) atoms. The number of hydrogen-bond acceptors (Lipinski definition) is 4. The molecule has 0 unspecified atom stereocenters. The summed E-state index contributed by atoms with van der Waals surface area (Å²) in [5, 5.41) is 15.3. The predicted molar refractivity (Wildman–Crippen MR) is 91.2 cm³/mol. The summed E-state index contributed by atoms with van der Waals surface area (Å²) < 4.78 is 38.7. The number of nitro benzene ring substituents is 1. The maximum absolute atomic E-state index is 12.9. The Morgan fingerprint density at radius 1 is 1.04 bits per heavy atom. The van der Waals surface area contributed by atoms with Gasteiger partial charge in [-0.3, -0.25) is 19.7 Å². The highest BCUT2D eigenvalue weighted by Crippen LogP contribution is 2.34. The van der Waals surface area contributed by atoms with Gasteiger partial charge in [0.15, 0.2) is 0 Å². The number of non-ortho nitro benzene ring substituents is 1. The Balaban J connectivity index is 2.21. The van der Waals surface area contributed by atoms with Crippen LogP contribution >= 0.6 is 0 Å². The largest absolute Gasteiger partial charge is 0.416 e. The van der Waals surface area contributed by atoms with Gasteiger partial charge >= 0.3 is 6.18 Å². The van der Waals surface area contributed by atoms with E-state index in [4.69, 9.17) is 0 Å². The van der Waals surface area contributed by atoms with Gasteiger partial charge in [0.2, 0.25) is 11.8 Å². The topological polar surface area (TPSA) is 101 Å². The van der Waals surface area contributed by atoms with Crippen molar-refractivity contribution in [3.05, 3.63) is 63.7 Å². The van der Waals surface area contributed by atoms with E-state index in [1.807, 2.05) is 0 Å². The van der Waals surface area contributed by atoms with Crippen LogP contribution in [-0.2, 0) is 22.2 Å². The summed E-state index contributed by atoms with van der Waals surface area (Å²) in [5.41, 5.74) is -0.877. The van der Waals surface area contributed by atoms with Crippen LogP contribution in [0.1, 0.15) is 18.1 Å². The number of anilines is 2. The van der Waals surface area contributed by atoms with Crippen molar-refractivity contribution in [2.75, 3.05) is 10.6 Å². The molecule has 0 fully saturated rings. The first kappa shape index (κ1) is 19.9. The van der Waals surface area contributed by atoms with Gasteiger partial charge < -0.3 is 10.6 Å². The fourth-order valence-electron chi connectivity index (χ4n) is 2.24. The van der Waals surface area contributed by atoms with Crippen LogP contribution in [0.5, 0.6) is 0 Å². The molecule has 7 nitrogen and oxygen atoms in total. The van der Waals surface area contributed by atoms with E-state index in [2.05, 4.69) is 10.6 Å². The molecule has 0 spiro atoms. The van der Waals surface area contributed by atoms with Gasteiger partial charge in [-0.05, 0) is 23.8 Å². The maximum Gasteiger partial charge on any atom is 0.416 e. The van der Waals surface area contributed by atoms with Crippen molar-refractivity contribution in [1.82, 2.24) is 0 Å². The molecule has 0 heterocycles. The Bertz CT molecular complexity index is 880. The summed E-state index contributed by atoms with van der Waals surface area (Å²) in [6.07, 6.45) is -4.83. The van der Waals surface area contributed by atoms with Crippen molar-refractivity contribution >= 4 is 28.9 Å². The van der Waals surface area contributed by atoms with Crippen LogP contribution in [0, 0.1) is 10.1 Å². The molecule has 0 radical (unpaired) electrons. The predicted octanol–water partition coefficient (Wildman–Crippen LogP) is 3.75. The van der Waals surface area contributed by atoms with E-state index in [9.17, 15) is 32.9 Å². The molecule has 2 aromatic rings. The van der Waals surface area contributed by atoms with Gasteiger partial charge in [0.1, 0.15) is 0 Å². The Labute approximate surface area is 151 Å². The van der Waals surface area contributed by atoms with Crippen molar-refractivity contribution in [2.45, 2.75) is 19.5 Å². The zero-order valence-electron chi connectivity index (χ0n) is 14.0. The van der Waals surface area contributed by atoms with Gasteiger partial charge in [0.05, 0.1) is 28.3 Å². The number of benzene rings is 2. The zero-order valence-corrected chi connectivity index (χ0v) is 14.0. The first-order valence-corrected chi connectivity index (χ1v) is 7.58. The van der Waals surface area contributed by atoms with Crippen molar-refractivity contribution in [3.63, 3.8) is 0 Å². The average molecular weight is 381 g/mol. The number of nitro groups is 1. The van der Waals surface area contributed by atoms with E-state index in [-0.39, 0.29) is 23.5 Å². The van der Waals surface area contributed by atoms with Crippen LogP contribution < -0.4 is 10.6 Å². The molecule has 0 aromatic heterocycles. The fraction of sp³-hybridized carbons (Fsp3) is 0.176. The molecule has 10 heteroatoms. The number of hydrogen-bond donors (Lipinski definition) is 2. The highest BCUT2D eigenvalue weighted by molar-refractivity contribution is 5.99. The molecule has 2 N–H and O–H groups in total. The second-order valence-electron chi connectivity index (χ2n) is 5.59. The second-order valence-corrected chi connectivity index (χ2v) is 5.59. The lowest BCUT2D eigenvalue weighted by Crippen LogP contribution is -2.18. The molecule has 0 saturated heterocycles. The normalized spacial score (nSPS) is 11.0. The number of amides is 2. The molecular weight excluding hydrogens is 367 g/mol. The number of nitrogens with zero attached hydrogens (tertiary/aromatic N) is 1. The van der Waals surface area contributed by atoms with Crippen LogP contribution in [0.3, 0.4) is 0 Å². The third-order valence-corrected chi connectivity index (χ3v) is 3.44. The zero-order chi connectivity index (χ0) is 20.2. The summed E-state index contributed by atoms with van der Waals surface area (Å²) in [4.78, 5) is 33.4. The SMILES string of the molecule is CC(=O)Nc1ccc(C(F)(F)F)cc1NC(=O)Cc1ccc([N+](=O)[O-])cc1. The molecular formula is C17H14F3N3O4. The Hall–Kier alpha value is -3.43. The molecule has 2 aromatic carbocycles. The van der Waals surface area contributed by atoms with E-state index in [1.165, 1.54) is 31.2 Å². The van der Waals surface area contributed by atoms with Crippen molar-refractivity contribution in [3.8, 4) is 0 Å². The lowest BCUT2D eigenvalue weighted by atomic mass is 10.1. The van der Waals surface area contributed by atoms with Gasteiger partial charge in [-0.15, -0.1) is 0 Å². The quantitative estimate of drug-likeness (QED) is 0.608. The summed E-state index contributed by atoms with van der Waals surface area (Å²) in [5.74, 6) is -1.16. The van der Waals surface area contributed by atoms with Crippen LogP contribution in [0.2, 0.25) is 0 Å². The minimum absolute atomic E-state index is 0.0209. The number of nitrogens with one attached hydrogen (secondary N) is 2. The van der Waals surface area contributed by atoms with Gasteiger partial charge in [0.25, 0.3) is 5.69 Å². The van der Waals surface area contributed by atoms with Crippen LogP contribution in [0.15, 0.2) is 42.5 Å². The van der Waals surface area contributed by atoms with Crippen LogP contribution in [0.4, 0.5) is 30.2 Å². The second kappa shape index (κ2) is 7.85. The third kappa shape index (κ3) is 5.53. The Morgan fingerprint density at radius 2 is 1.67 bits per heavy atom. The molecule has 2 rings (SSSR count). The number of halogens is 3. The first-order chi connectivity index (χ1) is 12.6. The highest BCUT2D eigenvalue weighted by atomic mass is 19.4. The third-order valence-electron chi connectivity index (χ3n) is 3.44. The Morgan fingerprint density at radius 3 is 2.19 bits per heavy atom. The van der Waals surface area contributed by atoms with Gasteiger partial charge in [-0.25, -0.2) is 0 Å². The fourth-order valence-corrected chi connectivity index (χ4v) is 2.24. The monoisotopic (exact) mass is 381 g/mol. The smallest absolute Gasteiger partial charge is 0.325 e. The number of carbonyl (C=O) groups is 2. The van der Waals surface area contributed by atoms with Gasteiger partial charge in [-0.2, -0.15) is 13.2 Å².